The lowest BCUT2D eigenvalue weighted by molar-refractivity contribution is -0.701. The molecule has 136 valence electrons. The molecule has 1 aromatic rings. The van der Waals surface area contributed by atoms with Gasteiger partial charge in [0.25, 0.3) is 0 Å². The first kappa shape index (κ1) is 20.7. The van der Waals surface area contributed by atoms with Crippen LogP contribution in [-0.2, 0) is 16.1 Å². The first-order chi connectivity index (χ1) is 11.7. The maximum atomic E-state index is 11.9. The number of hydrogen-bond acceptors (Lipinski definition) is 2. The van der Waals surface area contributed by atoms with Crippen molar-refractivity contribution in [3.05, 3.63) is 35.9 Å². The van der Waals surface area contributed by atoms with Gasteiger partial charge in [0.2, 0.25) is 0 Å². The van der Waals surface area contributed by atoms with Crippen LogP contribution in [-0.4, -0.2) is 18.6 Å². The van der Waals surface area contributed by atoms with E-state index >= 15 is 0 Å². The molecule has 0 aliphatic carbocycles. The Morgan fingerprint density at radius 2 is 1.88 bits per heavy atom. The fourth-order valence-electron chi connectivity index (χ4n) is 2.82. The van der Waals surface area contributed by atoms with E-state index < -0.39 is 0 Å². The summed E-state index contributed by atoms with van der Waals surface area (Å²) in [5.41, 5.74) is 1.35. The van der Waals surface area contributed by atoms with Crippen LogP contribution in [0.1, 0.15) is 71.3 Å². The average molecular weight is 335 g/mol. The van der Waals surface area contributed by atoms with Gasteiger partial charge in [-0.05, 0) is 32.1 Å². The molecule has 1 rings (SSSR count). The van der Waals surface area contributed by atoms with Crippen molar-refractivity contribution in [1.29, 1.82) is 0 Å². The summed E-state index contributed by atoms with van der Waals surface area (Å²) in [4.78, 5) is 11.9. The Bertz CT molecular complexity index is 433. The lowest BCUT2D eigenvalue weighted by atomic mass is 10.0. The van der Waals surface area contributed by atoms with Crippen molar-refractivity contribution in [1.82, 2.24) is 0 Å². The number of carbonyl (C=O) groups excluding carboxylic acids is 1. The van der Waals surface area contributed by atoms with E-state index in [1.807, 2.05) is 6.07 Å². The van der Waals surface area contributed by atoms with Crippen molar-refractivity contribution < 1.29 is 14.8 Å². The standard InChI is InChI=1S/C21H35NO2/c1-4-6-12-19(5-2)17-24-21(23)15-10-11-18(3)22-16-20-13-8-7-9-14-20/h7-9,13-14,18-19,22H,4-6,10-12,15-17H2,1-3H3/p+1. The van der Waals surface area contributed by atoms with Crippen LogP contribution >= 0.6 is 0 Å². The Kier molecular flexibility index (Phi) is 11.2. The summed E-state index contributed by atoms with van der Waals surface area (Å²) in [6, 6.07) is 11.0. The fraction of sp³-hybridized carbons (Fsp3) is 0.667. The molecular formula is C21H36NO2+. The van der Waals surface area contributed by atoms with Crippen LogP contribution in [0.25, 0.3) is 0 Å². The van der Waals surface area contributed by atoms with Gasteiger partial charge in [-0.15, -0.1) is 0 Å². The zero-order valence-corrected chi connectivity index (χ0v) is 15.8. The van der Waals surface area contributed by atoms with Crippen LogP contribution in [0.2, 0.25) is 0 Å². The van der Waals surface area contributed by atoms with Crippen molar-refractivity contribution in [3.8, 4) is 0 Å². The summed E-state index contributed by atoms with van der Waals surface area (Å²) >= 11 is 0. The van der Waals surface area contributed by atoms with E-state index in [0.717, 1.165) is 25.8 Å². The van der Waals surface area contributed by atoms with Crippen LogP contribution in [0, 0.1) is 5.92 Å². The van der Waals surface area contributed by atoms with Gasteiger partial charge >= 0.3 is 5.97 Å². The molecule has 0 saturated carbocycles. The molecule has 1 aromatic carbocycles. The molecule has 2 N–H and O–H groups in total. The topological polar surface area (TPSA) is 42.9 Å². The Hall–Kier alpha value is -1.35. The second kappa shape index (κ2) is 13.0. The van der Waals surface area contributed by atoms with E-state index in [4.69, 9.17) is 4.74 Å². The molecule has 24 heavy (non-hydrogen) atoms. The predicted molar refractivity (Wildman–Crippen MR) is 99.6 cm³/mol. The number of quaternary nitrogens is 1. The molecule has 2 unspecified atom stereocenters. The zero-order chi connectivity index (χ0) is 17.6. The lowest BCUT2D eigenvalue weighted by Crippen LogP contribution is -2.87. The summed E-state index contributed by atoms with van der Waals surface area (Å²) in [6.45, 7) is 8.21. The number of rotatable bonds is 13. The number of unbranched alkanes of at least 4 members (excludes halogenated alkanes) is 1. The van der Waals surface area contributed by atoms with Crippen LogP contribution in [0.15, 0.2) is 30.3 Å². The molecule has 2 atom stereocenters. The highest BCUT2D eigenvalue weighted by atomic mass is 16.5. The monoisotopic (exact) mass is 334 g/mol. The largest absolute Gasteiger partial charge is 0.465 e. The molecule has 0 radical (unpaired) electrons. The molecule has 0 heterocycles. The highest BCUT2D eigenvalue weighted by Crippen LogP contribution is 2.13. The number of nitrogens with two attached hydrogens (primary N) is 1. The van der Waals surface area contributed by atoms with E-state index in [9.17, 15) is 4.79 Å². The highest BCUT2D eigenvalue weighted by Gasteiger charge is 2.11. The predicted octanol–water partition coefficient (Wildman–Crippen LogP) is 4.07. The number of esters is 1. The van der Waals surface area contributed by atoms with Crippen LogP contribution < -0.4 is 5.32 Å². The minimum absolute atomic E-state index is 0.0276. The molecule has 0 saturated heterocycles. The van der Waals surface area contributed by atoms with Crippen LogP contribution in [0.4, 0.5) is 0 Å². The molecule has 0 spiro atoms. The quantitative estimate of drug-likeness (QED) is 0.553. The van der Waals surface area contributed by atoms with Gasteiger partial charge in [-0.3, -0.25) is 4.79 Å². The maximum Gasteiger partial charge on any atom is 0.305 e. The van der Waals surface area contributed by atoms with Gasteiger partial charge in [0.15, 0.2) is 0 Å². The van der Waals surface area contributed by atoms with E-state index in [0.29, 0.717) is 25.0 Å². The van der Waals surface area contributed by atoms with Gasteiger partial charge in [-0.2, -0.15) is 0 Å². The van der Waals surface area contributed by atoms with Gasteiger partial charge in [-0.1, -0.05) is 63.4 Å². The summed E-state index contributed by atoms with van der Waals surface area (Å²) in [7, 11) is 0. The number of hydrogen-bond donors (Lipinski definition) is 1. The van der Waals surface area contributed by atoms with E-state index in [1.54, 1.807) is 0 Å². The van der Waals surface area contributed by atoms with Crippen molar-refractivity contribution in [2.24, 2.45) is 5.92 Å². The molecule has 0 aliphatic heterocycles. The molecule has 3 nitrogen and oxygen atoms in total. The first-order valence-electron chi connectivity index (χ1n) is 9.68. The normalized spacial score (nSPS) is 13.5. The molecule has 0 aromatic heterocycles. The molecule has 0 bridgehead atoms. The lowest BCUT2D eigenvalue weighted by Gasteiger charge is -2.15. The number of carbonyl (C=O) groups is 1. The number of ether oxygens (including phenoxy) is 1. The van der Waals surface area contributed by atoms with Crippen molar-refractivity contribution in [2.75, 3.05) is 6.61 Å². The SMILES string of the molecule is CCCCC(CC)COC(=O)CCCC(C)[NH2+]Cc1ccccc1. The third kappa shape index (κ3) is 9.71. The van der Waals surface area contributed by atoms with Gasteiger partial charge in [0.1, 0.15) is 6.54 Å². The first-order valence-corrected chi connectivity index (χ1v) is 9.68. The van der Waals surface area contributed by atoms with E-state index in [1.165, 1.54) is 24.8 Å². The summed E-state index contributed by atoms with van der Waals surface area (Å²) in [6.07, 6.45) is 7.22. The molecule has 0 fully saturated rings. The Labute approximate surface area is 148 Å². The van der Waals surface area contributed by atoms with Crippen molar-refractivity contribution in [2.45, 2.75) is 78.3 Å². The Balaban J connectivity index is 2.09. The van der Waals surface area contributed by atoms with Gasteiger partial charge in [0, 0.05) is 12.0 Å². The van der Waals surface area contributed by atoms with Crippen molar-refractivity contribution in [3.63, 3.8) is 0 Å². The van der Waals surface area contributed by atoms with Crippen molar-refractivity contribution >= 4 is 5.97 Å². The second-order valence-electron chi connectivity index (χ2n) is 6.89. The Morgan fingerprint density at radius 3 is 2.54 bits per heavy atom. The highest BCUT2D eigenvalue weighted by molar-refractivity contribution is 5.69. The van der Waals surface area contributed by atoms with E-state index in [-0.39, 0.29) is 5.97 Å². The summed E-state index contributed by atoms with van der Waals surface area (Å²) in [5, 5.41) is 2.35. The molecule has 3 heteroatoms. The minimum Gasteiger partial charge on any atom is -0.465 e. The molecule has 0 aliphatic rings. The smallest absolute Gasteiger partial charge is 0.305 e. The van der Waals surface area contributed by atoms with Crippen LogP contribution in [0.3, 0.4) is 0 Å². The third-order valence-corrected chi connectivity index (χ3v) is 4.66. The van der Waals surface area contributed by atoms with Gasteiger partial charge in [0.05, 0.1) is 12.6 Å². The summed E-state index contributed by atoms with van der Waals surface area (Å²) in [5.74, 6) is 0.507. The average Bonchev–Trinajstić information content (AvgIpc) is 2.61. The second-order valence-corrected chi connectivity index (χ2v) is 6.89. The van der Waals surface area contributed by atoms with Gasteiger partial charge in [-0.25, -0.2) is 0 Å². The third-order valence-electron chi connectivity index (χ3n) is 4.66. The van der Waals surface area contributed by atoms with Crippen LogP contribution in [0.5, 0.6) is 0 Å². The molecule has 0 amide bonds. The summed E-state index contributed by atoms with van der Waals surface area (Å²) < 4.78 is 5.45. The maximum absolute atomic E-state index is 11.9. The number of benzene rings is 1. The Morgan fingerprint density at radius 1 is 1.12 bits per heavy atom. The van der Waals surface area contributed by atoms with Gasteiger partial charge < -0.3 is 10.1 Å². The zero-order valence-electron chi connectivity index (χ0n) is 15.8. The fourth-order valence-corrected chi connectivity index (χ4v) is 2.82. The van der Waals surface area contributed by atoms with E-state index in [2.05, 4.69) is 50.4 Å². The minimum atomic E-state index is -0.0276. The molecular weight excluding hydrogens is 298 g/mol.